The molecule has 1 aromatic heterocycles. The van der Waals surface area contributed by atoms with Crippen LogP contribution < -0.4 is 21.7 Å². The van der Waals surface area contributed by atoms with Crippen LogP contribution in [-0.2, 0) is 20.7 Å². The number of hydrogen-bond donors (Lipinski definition) is 5. The van der Waals surface area contributed by atoms with Crippen LogP contribution in [0.25, 0.3) is 0 Å². The van der Waals surface area contributed by atoms with Gasteiger partial charge in [-0.1, -0.05) is 36.4 Å². The molecule has 1 aliphatic rings. The zero-order valence-corrected chi connectivity index (χ0v) is 25.2. The van der Waals surface area contributed by atoms with Gasteiger partial charge < -0.3 is 30.9 Å². The van der Waals surface area contributed by atoms with Gasteiger partial charge in [-0.15, -0.1) is 0 Å². The molecular weight excluding hydrogens is 615 g/mol. The lowest BCUT2D eigenvalue weighted by atomic mass is 9.85. The highest BCUT2D eigenvalue weighted by molar-refractivity contribution is 5.96. The number of nitrogens with zero attached hydrogens (tertiary/aromatic N) is 1. The minimum Gasteiger partial charge on any atom is -0.506 e. The van der Waals surface area contributed by atoms with Crippen molar-refractivity contribution in [3.05, 3.63) is 119 Å². The third-order valence-corrected chi connectivity index (χ3v) is 7.82. The van der Waals surface area contributed by atoms with Crippen molar-refractivity contribution in [3.63, 3.8) is 0 Å². The number of hydrogen-bond acceptors (Lipinski definition) is 8. The Morgan fingerprint density at radius 3 is 2.23 bits per heavy atom. The molecule has 1 aliphatic heterocycles. The Bertz CT molecular complexity index is 1620. The molecule has 3 atom stereocenters. The Morgan fingerprint density at radius 1 is 0.957 bits per heavy atom. The molecule has 246 valence electrons. The van der Waals surface area contributed by atoms with Gasteiger partial charge in [-0.25, -0.2) is 18.0 Å². The number of anilines is 2. The van der Waals surface area contributed by atoms with E-state index in [1.165, 1.54) is 60.8 Å². The first-order valence-corrected chi connectivity index (χ1v) is 14.9. The number of nitrogens with one attached hydrogen (secondary N) is 3. The number of nitrogens with two attached hydrogens (primary N) is 1. The molecule has 0 radical (unpaired) electrons. The maximum absolute atomic E-state index is 15.0. The van der Waals surface area contributed by atoms with Gasteiger partial charge >= 0.3 is 6.09 Å². The fourth-order valence-corrected chi connectivity index (χ4v) is 5.31. The topological polar surface area (TPSA) is 148 Å². The summed E-state index contributed by atoms with van der Waals surface area (Å²) in [7, 11) is 0. The van der Waals surface area contributed by atoms with Crippen molar-refractivity contribution in [1.29, 1.82) is 0 Å². The van der Waals surface area contributed by atoms with Gasteiger partial charge in [0.15, 0.2) is 0 Å². The summed E-state index contributed by atoms with van der Waals surface area (Å²) in [6, 6.07) is 15.8. The van der Waals surface area contributed by atoms with Crippen molar-refractivity contribution >= 4 is 23.4 Å². The maximum atomic E-state index is 15.0. The smallest absolute Gasteiger partial charge is 0.411 e. The average Bonchev–Trinajstić information content (AvgIpc) is 3.07. The first-order chi connectivity index (χ1) is 22.7. The van der Waals surface area contributed by atoms with Gasteiger partial charge in [0.05, 0.1) is 48.6 Å². The molecule has 3 aromatic carbocycles. The number of phenolic OH excluding ortho intramolecular Hbond substituents is 1. The molecule has 0 bridgehead atoms. The molecule has 0 spiro atoms. The number of ether oxygens (including phenoxy) is 2. The number of para-hydroxylation sites is 2. The lowest BCUT2D eigenvalue weighted by Gasteiger charge is -2.30. The molecule has 6 N–H and O–H groups in total. The quantitative estimate of drug-likeness (QED) is 0.145. The minimum absolute atomic E-state index is 0.0262. The third kappa shape index (κ3) is 8.85. The monoisotopic (exact) mass is 649 g/mol. The van der Waals surface area contributed by atoms with E-state index in [0.29, 0.717) is 24.1 Å². The predicted molar refractivity (Wildman–Crippen MR) is 168 cm³/mol. The molecule has 1 fully saturated rings. The van der Waals surface area contributed by atoms with Crippen molar-refractivity contribution in [2.24, 2.45) is 5.73 Å². The summed E-state index contributed by atoms with van der Waals surface area (Å²) in [5, 5.41) is 18.2. The lowest BCUT2D eigenvalue weighted by molar-refractivity contribution is -0.117. The van der Waals surface area contributed by atoms with E-state index in [9.17, 15) is 27.9 Å². The molecule has 10 nitrogen and oxygen atoms in total. The highest BCUT2D eigenvalue weighted by atomic mass is 19.1. The van der Waals surface area contributed by atoms with Crippen molar-refractivity contribution in [3.8, 4) is 5.75 Å². The fraction of sp³-hybridized carbons (Fsp3) is 0.265. The van der Waals surface area contributed by atoms with E-state index in [1.54, 1.807) is 18.2 Å². The van der Waals surface area contributed by atoms with E-state index in [0.717, 1.165) is 6.20 Å². The molecule has 2 heterocycles. The van der Waals surface area contributed by atoms with Gasteiger partial charge in [-0.2, -0.15) is 0 Å². The van der Waals surface area contributed by atoms with Crippen LogP contribution in [0.15, 0.2) is 85.2 Å². The zero-order chi connectivity index (χ0) is 33.3. The number of pyridine rings is 1. The van der Waals surface area contributed by atoms with E-state index in [-0.39, 0.29) is 54.5 Å². The molecule has 13 heteroatoms. The summed E-state index contributed by atoms with van der Waals surface area (Å²) >= 11 is 0. The third-order valence-electron chi connectivity index (χ3n) is 7.82. The Kier molecular flexibility index (Phi) is 11.0. The van der Waals surface area contributed by atoms with Gasteiger partial charge in [0.2, 0.25) is 5.91 Å². The molecule has 4 aromatic rings. The fourth-order valence-electron chi connectivity index (χ4n) is 5.31. The number of halogens is 3. The van der Waals surface area contributed by atoms with Gasteiger partial charge in [-0.3, -0.25) is 15.1 Å². The minimum atomic E-state index is -1.20. The van der Waals surface area contributed by atoms with Crippen LogP contribution in [0.1, 0.15) is 29.0 Å². The standard InChI is InChI=1S/C34H34F3N5O5/c35-22-9-5-20(6-10-22)31(21-7-11-23(36)12-8-21)32(38)33(44)41-29-17-39-16-27(37)26(29)14-13-25-15-40-24(18-46-25)19-47-34(45)42-28-3-1-2-4-30(28)43/h1-12,16-17,24-25,31-32,40,43H,13-15,18-19,38H2,(H,41,44)(H,42,45)/t24-,25+,32-/m0/s1. The molecule has 2 amide bonds. The van der Waals surface area contributed by atoms with Crippen molar-refractivity contribution in [2.75, 3.05) is 30.4 Å². The number of aromatic nitrogens is 1. The summed E-state index contributed by atoms with van der Waals surface area (Å²) in [5.41, 5.74) is 8.12. The number of morpholine rings is 1. The Labute approximate surface area is 269 Å². The van der Waals surface area contributed by atoms with Crippen LogP contribution in [0, 0.1) is 17.5 Å². The van der Waals surface area contributed by atoms with Crippen molar-refractivity contribution in [2.45, 2.75) is 36.9 Å². The number of amides is 2. The Balaban J connectivity index is 1.16. The average molecular weight is 650 g/mol. The van der Waals surface area contributed by atoms with Gasteiger partial charge in [-0.05, 0) is 60.4 Å². The van der Waals surface area contributed by atoms with E-state index in [2.05, 4.69) is 20.9 Å². The maximum Gasteiger partial charge on any atom is 0.411 e. The van der Waals surface area contributed by atoms with E-state index < -0.39 is 41.4 Å². The van der Waals surface area contributed by atoms with Gasteiger partial charge in [0, 0.05) is 18.0 Å². The molecule has 5 rings (SSSR count). The highest BCUT2D eigenvalue weighted by Gasteiger charge is 2.29. The highest BCUT2D eigenvalue weighted by Crippen LogP contribution is 2.30. The van der Waals surface area contributed by atoms with Crippen LogP contribution in [0.4, 0.5) is 29.3 Å². The summed E-state index contributed by atoms with van der Waals surface area (Å²) in [6.45, 7) is 0.670. The summed E-state index contributed by atoms with van der Waals surface area (Å²) < 4.78 is 53.5. The second-order valence-electron chi connectivity index (χ2n) is 11.1. The summed E-state index contributed by atoms with van der Waals surface area (Å²) in [5.74, 6) is -3.01. The molecule has 47 heavy (non-hydrogen) atoms. The number of carbonyl (C=O) groups excluding carboxylic acids is 2. The zero-order valence-electron chi connectivity index (χ0n) is 25.2. The SMILES string of the molecule is N[C@H](C(=O)Nc1cncc(F)c1CC[C@@H]1CN[C@H](COC(=O)Nc2ccccc2O)CO1)C(c1ccc(F)cc1)c1ccc(F)cc1. The van der Waals surface area contributed by atoms with Crippen LogP contribution >= 0.6 is 0 Å². The largest absolute Gasteiger partial charge is 0.506 e. The van der Waals surface area contributed by atoms with E-state index in [1.807, 2.05) is 0 Å². The lowest BCUT2D eigenvalue weighted by Crippen LogP contribution is -2.49. The number of benzene rings is 3. The van der Waals surface area contributed by atoms with Gasteiger partial charge in [0.25, 0.3) is 0 Å². The molecule has 1 saturated heterocycles. The number of phenols is 1. The van der Waals surface area contributed by atoms with Crippen LogP contribution in [0.3, 0.4) is 0 Å². The normalized spacial score (nSPS) is 16.8. The van der Waals surface area contributed by atoms with Crippen LogP contribution in [0.5, 0.6) is 5.75 Å². The van der Waals surface area contributed by atoms with Crippen LogP contribution in [-0.4, -0.2) is 60.0 Å². The first-order valence-electron chi connectivity index (χ1n) is 14.9. The predicted octanol–water partition coefficient (Wildman–Crippen LogP) is 4.84. The van der Waals surface area contributed by atoms with Crippen LogP contribution in [0.2, 0.25) is 0 Å². The van der Waals surface area contributed by atoms with E-state index >= 15 is 0 Å². The Morgan fingerprint density at radius 2 is 1.62 bits per heavy atom. The van der Waals surface area contributed by atoms with Crippen molar-refractivity contribution < 1.29 is 37.3 Å². The molecule has 0 unspecified atom stereocenters. The molecule has 0 aliphatic carbocycles. The molecular formula is C34H34F3N5O5. The summed E-state index contributed by atoms with van der Waals surface area (Å²) in [6.07, 6.45) is 1.98. The van der Waals surface area contributed by atoms with E-state index in [4.69, 9.17) is 15.2 Å². The van der Waals surface area contributed by atoms with Crippen molar-refractivity contribution in [1.82, 2.24) is 10.3 Å². The second kappa shape index (κ2) is 15.5. The van der Waals surface area contributed by atoms with Gasteiger partial charge in [0.1, 0.15) is 29.8 Å². The summed E-state index contributed by atoms with van der Waals surface area (Å²) in [4.78, 5) is 29.4. The molecule has 0 saturated carbocycles. The number of aromatic hydroxyl groups is 1. The Hall–Kier alpha value is -4.98. The number of carbonyl (C=O) groups is 2. The number of rotatable bonds is 11. The second-order valence-corrected chi connectivity index (χ2v) is 11.1. The first kappa shape index (κ1) is 33.4.